The number of nitrogen functional groups attached to an aromatic ring is 1. The van der Waals surface area contributed by atoms with Crippen molar-refractivity contribution in [3.8, 4) is 11.8 Å². The molecule has 6 heteroatoms. The van der Waals surface area contributed by atoms with Gasteiger partial charge in [-0.1, -0.05) is 12.1 Å². The Bertz CT molecular complexity index is 1120. The van der Waals surface area contributed by atoms with Gasteiger partial charge in [0.1, 0.15) is 6.07 Å². The van der Waals surface area contributed by atoms with E-state index in [1.165, 1.54) is 17.9 Å². The van der Waals surface area contributed by atoms with Gasteiger partial charge in [-0.3, -0.25) is 4.79 Å². The summed E-state index contributed by atoms with van der Waals surface area (Å²) in [5.41, 5.74) is 10.1. The van der Waals surface area contributed by atoms with Crippen molar-refractivity contribution in [2.45, 2.75) is 13.8 Å². The van der Waals surface area contributed by atoms with Gasteiger partial charge in [0.2, 0.25) is 0 Å². The Kier molecular flexibility index (Phi) is 5.01. The third-order valence-corrected chi connectivity index (χ3v) is 4.72. The molecule has 6 nitrogen and oxygen atoms in total. The molecule has 1 heterocycles. The maximum Gasteiger partial charge on any atom is 0.357 e. The first kappa shape index (κ1) is 18.9. The molecule has 0 aliphatic rings. The number of carbonyl (C=O) groups is 2. The molecule has 0 spiro atoms. The van der Waals surface area contributed by atoms with Gasteiger partial charge < -0.3 is 15.0 Å². The van der Waals surface area contributed by atoms with Crippen molar-refractivity contribution in [3.05, 3.63) is 82.2 Å². The van der Waals surface area contributed by atoms with Crippen LogP contribution in [0.25, 0.3) is 5.69 Å². The Morgan fingerprint density at radius 3 is 2.25 bits per heavy atom. The number of anilines is 1. The normalized spacial score (nSPS) is 10.4. The molecule has 0 unspecified atom stereocenters. The first-order valence-corrected chi connectivity index (χ1v) is 8.59. The quantitative estimate of drug-likeness (QED) is 0.557. The molecule has 0 atom stereocenters. The highest BCUT2D eigenvalue weighted by atomic mass is 16.5. The minimum absolute atomic E-state index is 0.0598. The van der Waals surface area contributed by atoms with Crippen molar-refractivity contribution in [2.75, 3.05) is 12.8 Å². The van der Waals surface area contributed by atoms with E-state index in [4.69, 9.17) is 10.5 Å². The van der Waals surface area contributed by atoms with Crippen LogP contribution in [-0.4, -0.2) is 23.4 Å². The van der Waals surface area contributed by atoms with Gasteiger partial charge in [0.15, 0.2) is 11.5 Å². The second-order valence-corrected chi connectivity index (χ2v) is 6.45. The summed E-state index contributed by atoms with van der Waals surface area (Å²) < 4.78 is 6.26. The number of nitrogens with two attached hydrogens (primary N) is 1. The van der Waals surface area contributed by atoms with E-state index in [9.17, 15) is 14.9 Å². The van der Waals surface area contributed by atoms with Gasteiger partial charge in [0.25, 0.3) is 0 Å². The lowest BCUT2D eigenvalue weighted by atomic mass is 9.99. The largest absolute Gasteiger partial charge is 0.464 e. The van der Waals surface area contributed by atoms with Gasteiger partial charge in [-0.2, -0.15) is 5.26 Å². The molecular formula is C22H19N3O3. The van der Waals surface area contributed by atoms with Crippen LogP contribution in [0.4, 0.5) is 5.69 Å². The molecule has 2 aromatic carbocycles. The van der Waals surface area contributed by atoms with Crippen molar-refractivity contribution >= 4 is 17.4 Å². The number of hydrogen-bond acceptors (Lipinski definition) is 5. The average Bonchev–Trinajstić information content (AvgIpc) is 3.05. The van der Waals surface area contributed by atoms with Gasteiger partial charge in [-0.15, -0.1) is 0 Å². The van der Waals surface area contributed by atoms with E-state index in [-0.39, 0.29) is 22.7 Å². The second-order valence-electron chi connectivity index (χ2n) is 6.45. The fourth-order valence-electron chi connectivity index (χ4n) is 2.94. The number of rotatable bonds is 4. The number of nitriles is 1. The first-order valence-electron chi connectivity index (χ1n) is 8.59. The van der Waals surface area contributed by atoms with Crippen LogP contribution in [0.15, 0.2) is 48.7 Å². The summed E-state index contributed by atoms with van der Waals surface area (Å²) >= 11 is 0. The van der Waals surface area contributed by atoms with Crippen LogP contribution in [0.3, 0.4) is 0 Å². The molecule has 0 aliphatic carbocycles. The molecule has 0 bridgehead atoms. The van der Waals surface area contributed by atoms with E-state index >= 15 is 0 Å². The number of benzene rings is 2. The molecule has 3 aromatic rings. The molecule has 0 aliphatic heterocycles. The summed E-state index contributed by atoms with van der Waals surface area (Å²) in [5.74, 6) is -0.734. The lowest BCUT2D eigenvalue weighted by Crippen LogP contribution is -2.11. The first-order chi connectivity index (χ1) is 13.4. The molecule has 0 saturated heterocycles. The third kappa shape index (κ3) is 3.26. The number of nitrogens with zero attached hydrogens (tertiary/aromatic N) is 2. The monoisotopic (exact) mass is 373 g/mol. The molecule has 0 amide bonds. The highest BCUT2D eigenvalue weighted by molar-refractivity contribution is 6.09. The van der Waals surface area contributed by atoms with E-state index in [1.807, 2.05) is 32.0 Å². The van der Waals surface area contributed by atoms with Crippen LogP contribution < -0.4 is 5.73 Å². The Hall–Kier alpha value is -3.85. The van der Waals surface area contributed by atoms with Crippen LogP contribution in [0, 0.1) is 25.2 Å². The van der Waals surface area contributed by atoms with Crippen molar-refractivity contribution in [1.82, 2.24) is 4.57 Å². The van der Waals surface area contributed by atoms with Crippen molar-refractivity contribution < 1.29 is 14.3 Å². The van der Waals surface area contributed by atoms with E-state index in [0.29, 0.717) is 16.8 Å². The number of aryl methyl sites for hydroxylation is 2. The van der Waals surface area contributed by atoms with Crippen molar-refractivity contribution in [3.63, 3.8) is 0 Å². The second kappa shape index (κ2) is 7.41. The van der Waals surface area contributed by atoms with E-state index in [0.717, 1.165) is 11.1 Å². The van der Waals surface area contributed by atoms with Crippen LogP contribution in [0.2, 0.25) is 0 Å². The lowest BCUT2D eigenvalue weighted by Gasteiger charge is -2.10. The minimum Gasteiger partial charge on any atom is -0.464 e. The maximum atomic E-state index is 12.7. The fraction of sp³-hybridized carbons (Fsp3) is 0.136. The van der Waals surface area contributed by atoms with E-state index in [1.54, 1.807) is 30.3 Å². The molecule has 0 radical (unpaired) electrons. The summed E-state index contributed by atoms with van der Waals surface area (Å²) in [7, 11) is 1.25. The average molecular weight is 373 g/mol. The molecule has 3 rings (SSSR count). The fourth-order valence-corrected chi connectivity index (χ4v) is 2.94. The number of ether oxygens (including phenoxy) is 1. The van der Waals surface area contributed by atoms with Crippen molar-refractivity contribution in [2.24, 2.45) is 0 Å². The number of aromatic nitrogens is 1. The zero-order valence-electron chi connectivity index (χ0n) is 15.8. The molecule has 28 heavy (non-hydrogen) atoms. The van der Waals surface area contributed by atoms with Crippen LogP contribution in [0.5, 0.6) is 0 Å². The van der Waals surface area contributed by atoms with Crippen molar-refractivity contribution in [1.29, 1.82) is 5.26 Å². The van der Waals surface area contributed by atoms with Gasteiger partial charge in [-0.05, 0) is 55.3 Å². The molecule has 140 valence electrons. The van der Waals surface area contributed by atoms with Gasteiger partial charge in [-0.25, -0.2) is 4.79 Å². The SMILES string of the molecule is COC(=O)c1c(N)c(C#N)cn1-c1ccc(C(=O)c2ccc(C)c(C)c2)cc1. The van der Waals surface area contributed by atoms with Crippen LogP contribution in [0.1, 0.15) is 43.1 Å². The zero-order valence-corrected chi connectivity index (χ0v) is 15.8. The smallest absolute Gasteiger partial charge is 0.357 e. The number of methoxy groups -OCH3 is 1. The van der Waals surface area contributed by atoms with E-state index in [2.05, 4.69) is 0 Å². The molecular weight excluding hydrogens is 354 g/mol. The summed E-state index contributed by atoms with van der Waals surface area (Å²) in [4.78, 5) is 24.8. The summed E-state index contributed by atoms with van der Waals surface area (Å²) in [6, 6.07) is 14.3. The molecule has 1 aromatic heterocycles. The van der Waals surface area contributed by atoms with Gasteiger partial charge in [0, 0.05) is 23.0 Å². The highest BCUT2D eigenvalue weighted by Crippen LogP contribution is 2.25. The summed E-state index contributed by atoms with van der Waals surface area (Å²) in [6.07, 6.45) is 1.47. The standard InChI is InChI=1S/C22H19N3O3/c1-13-4-5-16(10-14(13)2)21(26)15-6-8-18(9-7-15)25-12-17(11-23)19(24)20(25)22(27)28-3/h4-10,12H,24H2,1-3H3. The molecule has 0 saturated carbocycles. The predicted molar refractivity (Wildman–Crippen MR) is 106 cm³/mol. The number of hydrogen-bond donors (Lipinski definition) is 1. The number of ketones is 1. The Morgan fingerprint density at radius 1 is 1.04 bits per heavy atom. The minimum atomic E-state index is -0.644. The topological polar surface area (TPSA) is 98.1 Å². The maximum absolute atomic E-state index is 12.7. The zero-order chi connectivity index (χ0) is 20.4. The molecule has 2 N–H and O–H groups in total. The summed E-state index contributed by atoms with van der Waals surface area (Å²) in [6.45, 7) is 3.96. The molecule has 0 fully saturated rings. The Labute approximate surface area is 162 Å². The van der Waals surface area contributed by atoms with Crippen LogP contribution >= 0.6 is 0 Å². The highest BCUT2D eigenvalue weighted by Gasteiger charge is 2.21. The number of esters is 1. The number of carbonyl (C=O) groups excluding carboxylic acids is 2. The Morgan fingerprint density at radius 2 is 1.68 bits per heavy atom. The summed E-state index contributed by atoms with van der Waals surface area (Å²) in [5, 5.41) is 9.20. The Balaban J connectivity index is 1.99. The van der Waals surface area contributed by atoms with Gasteiger partial charge in [0.05, 0.1) is 18.4 Å². The van der Waals surface area contributed by atoms with Gasteiger partial charge >= 0.3 is 5.97 Å². The lowest BCUT2D eigenvalue weighted by molar-refractivity contribution is 0.0593. The van der Waals surface area contributed by atoms with E-state index < -0.39 is 5.97 Å². The predicted octanol–water partition coefficient (Wildman–Crippen LogP) is 3.57. The third-order valence-electron chi connectivity index (χ3n) is 4.72. The van der Waals surface area contributed by atoms with Crippen LogP contribution in [-0.2, 0) is 4.74 Å².